The number of carbonyl (C=O) groups excluding carboxylic acids is 2. The lowest BCUT2D eigenvalue weighted by molar-refractivity contribution is -0.120. The Balaban J connectivity index is 2.47. The Morgan fingerprint density at radius 3 is 2.58 bits per heavy atom. The Labute approximate surface area is 114 Å². The van der Waals surface area contributed by atoms with E-state index < -0.39 is 6.03 Å². The molecule has 1 rings (SSSR count). The van der Waals surface area contributed by atoms with Gasteiger partial charge in [0.2, 0.25) is 5.91 Å². The van der Waals surface area contributed by atoms with Crippen LogP contribution in [0.1, 0.15) is 39.0 Å². The van der Waals surface area contributed by atoms with E-state index in [4.69, 9.17) is 11.5 Å². The molecule has 0 radical (unpaired) electrons. The second kappa shape index (κ2) is 8.12. The van der Waals surface area contributed by atoms with Gasteiger partial charge >= 0.3 is 6.03 Å². The molecular weight excluding hydrogens is 244 g/mol. The molecule has 6 heteroatoms. The van der Waals surface area contributed by atoms with Crippen LogP contribution in [0.4, 0.5) is 4.79 Å². The fraction of sp³-hybridized carbons (Fsp3) is 0.846. The van der Waals surface area contributed by atoms with Gasteiger partial charge in [-0.2, -0.15) is 0 Å². The van der Waals surface area contributed by atoms with E-state index in [9.17, 15) is 9.59 Å². The van der Waals surface area contributed by atoms with Crippen molar-refractivity contribution in [2.75, 3.05) is 19.6 Å². The van der Waals surface area contributed by atoms with Crippen molar-refractivity contribution in [1.29, 1.82) is 0 Å². The summed E-state index contributed by atoms with van der Waals surface area (Å²) in [5.74, 6) is 0.207. The van der Waals surface area contributed by atoms with Crippen molar-refractivity contribution >= 4 is 11.9 Å². The monoisotopic (exact) mass is 270 g/mol. The first-order chi connectivity index (χ1) is 9.08. The molecule has 110 valence electrons. The fourth-order valence-electron chi connectivity index (χ4n) is 2.95. The first-order valence-electron chi connectivity index (χ1n) is 7.11. The van der Waals surface area contributed by atoms with E-state index in [1.807, 2.05) is 0 Å². The van der Waals surface area contributed by atoms with Gasteiger partial charge < -0.3 is 11.5 Å². The lowest BCUT2D eigenvalue weighted by Crippen LogP contribution is -2.46. The van der Waals surface area contributed by atoms with E-state index in [-0.39, 0.29) is 5.91 Å². The normalized spacial score (nSPS) is 23.3. The summed E-state index contributed by atoms with van der Waals surface area (Å²) in [6.45, 7) is 4.34. The SMILES string of the molecule is CCN(CCC(=O)NC(N)=O)C1CCCCC1CN. The van der Waals surface area contributed by atoms with Crippen LogP contribution in [-0.4, -0.2) is 42.5 Å². The van der Waals surface area contributed by atoms with Gasteiger partial charge in [0.1, 0.15) is 0 Å². The highest BCUT2D eigenvalue weighted by atomic mass is 16.2. The molecule has 0 aliphatic heterocycles. The zero-order valence-electron chi connectivity index (χ0n) is 11.7. The standard InChI is InChI=1S/C13H26N4O2/c1-2-17(8-7-12(18)16-13(15)19)11-6-4-3-5-10(11)9-14/h10-11H,2-9,14H2,1H3,(H3,15,16,18,19). The van der Waals surface area contributed by atoms with E-state index in [1.165, 1.54) is 19.3 Å². The Bertz CT molecular complexity index is 309. The van der Waals surface area contributed by atoms with Crippen LogP contribution >= 0.6 is 0 Å². The molecule has 1 aliphatic rings. The quantitative estimate of drug-likeness (QED) is 0.650. The van der Waals surface area contributed by atoms with Gasteiger partial charge in [-0.25, -0.2) is 4.79 Å². The summed E-state index contributed by atoms with van der Waals surface area (Å²) in [7, 11) is 0. The molecule has 19 heavy (non-hydrogen) atoms. The molecule has 5 N–H and O–H groups in total. The predicted octanol–water partition coefficient (Wildman–Crippen LogP) is 0.411. The molecule has 1 saturated carbocycles. The number of hydrogen-bond acceptors (Lipinski definition) is 4. The van der Waals surface area contributed by atoms with Crippen LogP contribution in [0.15, 0.2) is 0 Å². The molecule has 0 bridgehead atoms. The minimum absolute atomic E-state index is 0.296. The highest BCUT2D eigenvalue weighted by Crippen LogP contribution is 2.27. The Hall–Kier alpha value is -1.14. The summed E-state index contributed by atoms with van der Waals surface area (Å²) in [5.41, 5.74) is 10.8. The third-order valence-corrected chi connectivity index (χ3v) is 3.94. The molecule has 0 saturated heterocycles. The van der Waals surface area contributed by atoms with Crippen LogP contribution in [0.5, 0.6) is 0 Å². The smallest absolute Gasteiger partial charge is 0.318 e. The van der Waals surface area contributed by atoms with Crippen molar-refractivity contribution in [1.82, 2.24) is 10.2 Å². The molecular formula is C13H26N4O2. The molecule has 1 aliphatic carbocycles. The largest absolute Gasteiger partial charge is 0.351 e. The lowest BCUT2D eigenvalue weighted by Gasteiger charge is -2.39. The summed E-state index contributed by atoms with van der Waals surface area (Å²) in [5, 5.41) is 2.10. The second-order valence-electron chi connectivity index (χ2n) is 5.14. The molecule has 0 spiro atoms. The summed E-state index contributed by atoms with van der Waals surface area (Å²) in [6.07, 6.45) is 5.09. The predicted molar refractivity (Wildman–Crippen MR) is 74.4 cm³/mol. The number of primary amides is 1. The van der Waals surface area contributed by atoms with Crippen molar-refractivity contribution in [3.8, 4) is 0 Å². The zero-order valence-corrected chi connectivity index (χ0v) is 11.7. The van der Waals surface area contributed by atoms with Crippen LogP contribution < -0.4 is 16.8 Å². The Morgan fingerprint density at radius 1 is 1.32 bits per heavy atom. The van der Waals surface area contributed by atoms with Gasteiger partial charge in [0.05, 0.1) is 0 Å². The summed E-state index contributed by atoms with van der Waals surface area (Å²) >= 11 is 0. The number of carbonyl (C=O) groups is 2. The number of nitrogens with two attached hydrogens (primary N) is 2. The first-order valence-corrected chi connectivity index (χ1v) is 7.11. The zero-order chi connectivity index (χ0) is 14.3. The fourth-order valence-corrected chi connectivity index (χ4v) is 2.95. The molecule has 1 fully saturated rings. The molecule has 0 aromatic heterocycles. The molecule has 2 unspecified atom stereocenters. The minimum Gasteiger partial charge on any atom is -0.351 e. The van der Waals surface area contributed by atoms with E-state index >= 15 is 0 Å². The number of nitrogens with zero attached hydrogens (tertiary/aromatic N) is 1. The van der Waals surface area contributed by atoms with Crippen molar-refractivity contribution in [2.45, 2.75) is 45.1 Å². The van der Waals surface area contributed by atoms with Gasteiger partial charge in [0.15, 0.2) is 0 Å². The van der Waals surface area contributed by atoms with Gasteiger partial charge in [0.25, 0.3) is 0 Å². The highest BCUT2D eigenvalue weighted by Gasteiger charge is 2.28. The topological polar surface area (TPSA) is 101 Å². The summed E-state index contributed by atoms with van der Waals surface area (Å²) in [4.78, 5) is 24.3. The van der Waals surface area contributed by atoms with Crippen molar-refractivity contribution < 1.29 is 9.59 Å². The maximum Gasteiger partial charge on any atom is 0.318 e. The first kappa shape index (κ1) is 15.9. The average Bonchev–Trinajstić information content (AvgIpc) is 2.39. The third-order valence-electron chi connectivity index (χ3n) is 3.94. The molecule has 2 atom stereocenters. The number of nitrogens with one attached hydrogen (secondary N) is 1. The Morgan fingerprint density at radius 2 is 2.00 bits per heavy atom. The number of rotatable bonds is 6. The van der Waals surface area contributed by atoms with Gasteiger partial charge in [-0.05, 0) is 31.8 Å². The van der Waals surface area contributed by atoms with Crippen molar-refractivity contribution in [3.05, 3.63) is 0 Å². The van der Waals surface area contributed by atoms with Crippen molar-refractivity contribution in [2.24, 2.45) is 17.4 Å². The maximum atomic E-state index is 11.4. The van der Waals surface area contributed by atoms with E-state index in [1.54, 1.807) is 0 Å². The number of amides is 3. The summed E-state index contributed by atoms with van der Waals surface area (Å²) < 4.78 is 0. The molecule has 0 aromatic rings. The minimum atomic E-state index is -0.787. The van der Waals surface area contributed by atoms with Crippen LogP contribution in [0.2, 0.25) is 0 Å². The highest BCUT2D eigenvalue weighted by molar-refractivity contribution is 5.93. The van der Waals surface area contributed by atoms with Gasteiger partial charge in [-0.1, -0.05) is 19.8 Å². The van der Waals surface area contributed by atoms with Crippen LogP contribution in [0, 0.1) is 5.92 Å². The van der Waals surface area contributed by atoms with Crippen LogP contribution in [-0.2, 0) is 4.79 Å². The third kappa shape index (κ3) is 5.16. The Kier molecular flexibility index (Phi) is 6.80. The van der Waals surface area contributed by atoms with Gasteiger partial charge in [-0.15, -0.1) is 0 Å². The maximum absolute atomic E-state index is 11.4. The summed E-state index contributed by atoms with van der Waals surface area (Å²) in [6, 6.07) is -0.323. The van der Waals surface area contributed by atoms with Crippen molar-refractivity contribution in [3.63, 3.8) is 0 Å². The van der Waals surface area contributed by atoms with E-state index in [2.05, 4.69) is 17.1 Å². The second-order valence-corrected chi connectivity index (χ2v) is 5.14. The van der Waals surface area contributed by atoms with Gasteiger partial charge in [-0.3, -0.25) is 15.0 Å². The number of hydrogen-bond donors (Lipinski definition) is 3. The van der Waals surface area contributed by atoms with E-state index in [0.717, 1.165) is 13.0 Å². The lowest BCUT2D eigenvalue weighted by atomic mass is 9.83. The average molecular weight is 270 g/mol. The molecule has 3 amide bonds. The molecule has 0 aromatic carbocycles. The number of imide groups is 1. The number of urea groups is 1. The molecule has 6 nitrogen and oxygen atoms in total. The van der Waals surface area contributed by atoms with E-state index in [0.29, 0.717) is 31.5 Å². The van der Waals surface area contributed by atoms with Crippen LogP contribution in [0.3, 0.4) is 0 Å². The van der Waals surface area contributed by atoms with Crippen LogP contribution in [0.25, 0.3) is 0 Å². The van der Waals surface area contributed by atoms with Gasteiger partial charge in [0, 0.05) is 19.0 Å². The molecule has 0 heterocycles.